The molecule has 0 aromatic carbocycles. The zero-order valence-electron chi connectivity index (χ0n) is 10.6. The molecule has 0 radical (unpaired) electrons. The third-order valence-corrected chi connectivity index (χ3v) is 5.74. The maximum atomic E-state index is 11.8. The minimum atomic E-state index is -3.42. The number of hydrogen-bond acceptors (Lipinski definition) is 4. The minimum Gasteiger partial charge on any atom is -0.396 e. The number of sulfone groups is 1. The molecule has 0 aromatic rings. The first kappa shape index (κ1) is 14.4. The van der Waals surface area contributed by atoms with Crippen molar-refractivity contribution in [2.24, 2.45) is 5.41 Å². The highest BCUT2D eigenvalue weighted by Crippen LogP contribution is 2.47. The van der Waals surface area contributed by atoms with Crippen molar-refractivity contribution in [1.82, 2.24) is 5.32 Å². The zero-order valence-corrected chi connectivity index (χ0v) is 11.4. The Morgan fingerprint density at radius 1 is 1.41 bits per heavy atom. The van der Waals surface area contributed by atoms with Crippen LogP contribution in [0, 0.1) is 5.41 Å². The summed E-state index contributed by atoms with van der Waals surface area (Å²) in [7, 11) is -3.42. The molecule has 0 heterocycles. The number of aliphatic hydroxyl groups is 1. The van der Waals surface area contributed by atoms with E-state index >= 15 is 0 Å². The van der Waals surface area contributed by atoms with Gasteiger partial charge in [-0.25, -0.2) is 8.42 Å². The first-order chi connectivity index (χ1) is 7.65. The van der Waals surface area contributed by atoms with Gasteiger partial charge in [-0.1, -0.05) is 0 Å². The van der Waals surface area contributed by atoms with Crippen LogP contribution in [0.5, 0.6) is 0 Å². The highest BCUT2D eigenvalue weighted by atomic mass is 32.2. The molecule has 0 aromatic heterocycles. The van der Waals surface area contributed by atoms with E-state index in [0.717, 1.165) is 19.1 Å². The number of aliphatic hydroxyl groups excluding tert-OH is 1. The molecule has 0 atom stereocenters. The monoisotopic (exact) mass is 263 g/mol. The molecular formula is C11H21NO4S. The van der Waals surface area contributed by atoms with Gasteiger partial charge in [-0.2, -0.15) is 0 Å². The Bertz CT molecular complexity index is 396. The number of hydrogen-bond donors (Lipinski definition) is 2. The molecule has 5 nitrogen and oxygen atoms in total. The molecule has 1 aliphatic rings. The van der Waals surface area contributed by atoms with Crippen molar-refractivity contribution in [1.29, 1.82) is 0 Å². The van der Waals surface area contributed by atoms with Gasteiger partial charge in [-0.05, 0) is 38.5 Å². The van der Waals surface area contributed by atoms with Crippen LogP contribution in [0.3, 0.4) is 0 Å². The molecule has 6 heteroatoms. The van der Waals surface area contributed by atoms with E-state index in [2.05, 4.69) is 5.32 Å². The molecule has 0 spiro atoms. The second-order valence-corrected chi connectivity index (χ2v) is 8.00. The topological polar surface area (TPSA) is 83.5 Å². The molecule has 0 unspecified atom stereocenters. The standard InChI is InChI=1S/C11H21NO4S/c1-10(2,17(3,15)16)9(14)12-8-11(4-5-11)6-7-13/h13H,4-8H2,1-3H3,(H,12,14). The van der Waals surface area contributed by atoms with Crippen LogP contribution in [0.2, 0.25) is 0 Å². The lowest BCUT2D eigenvalue weighted by Crippen LogP contribution is -2.49. The fourth-order valence-corrected chi connectivity index (χ4v) is 1.99. The molecule has 0 bridgehead atoms. The maximum Gasteiger partial charge on any atom is 0.240 e. The van der Waals surface area contributed by atoms with Gasteiger partial charge in [-0.15, -0.1) is 0 Å². The SMILES string of the molecule is CC(C)(C(=O)NCC1(CCO)CC1)S(C)(=O)=O. The molecule has 1 fully saturated rings. The molecule has 1 saturated carbocycles. The van der Waals surface area contributed by atoms with Crippen molar-refractivity contribution in [3.05, 3.63) is 0 Å². The van der Waals surface area contributed by atoms with E-state index in [1.54, 1.807) is 0 Å². The zero-order chi connectivity index (χ0) is 13.3. The third-order valence-electron chi connectivity index (χ3n) is 3.70. The summed E-state index contributed by atoms with van der Waals surface area (Å²) in [6, 6.07) is 0. The van der Waals surface area contributed by atoms with Crippen LogP contribution in [0.15, 0.2) is 0 Å². The summed E-state index contributed by atoms with van der Waals surface area (Å²) in [4.78, 5) is 11.8. The molecule has 0 saturated heterocycles. The number of carbonyl (C=O) groups is 1. The van der Waals surface area contributed by atoms with E-state index in [-0.39, 0.29) is 12.0 Å². The largest absolute Gasteiger partial charge is 0.396 e. The van der Waals surface area contributed by atoms with E-state index in [1.165, 1.54) is 13.8 Å². The van der Waals surface area contributed by atoms with Crippen molar-refractivity contribution in [3.8, 4) is 0 Å². The number of carbonyl (C=O) groups excluding carboxylic acids is 1. The number of rotatable bonds is 6. The normalized spacial score (nSPS) is 18.8. The van der Waals surface area contributed by atoms with E-state index in [9.17, 15) is 13.2 Å². The van der Waals surface area contributed by atoms with Crippen molar-refractivity contribution in [2.45, 2.75) is 37.9 Å². The smallest absolute Gasteiger partial charge is 0.240 e. The first-order valence-corrected chi connectivity index (χ1v) is 7.63. The van der Waals surface area contributed by atoms with Crippen molar-refractivity contribution in [3.63, 3.8) is 0 Å². The summed E-state index contributed by atoms with van der Waals surface area (Å²) >= 11 is 0. The summed E-state index contributed by atoms with van der Waals surface area (Å²) < 4.78 is 21.5. The summed E-state index contributed by atoms with van der Waals surface area (Å²) in [5.41, 5.74) is -0.00199. The summed E-state index contributed by atoms with van der Waals surface area (Å²) in [6.45, 7) is 3.36. The fourth-order valence-electron chi connectivity index (χ4n) is 1.58. The molecule has 100 valence electrons. The Labute approximate surface area is 103 Å². The lowest BCUT2D eigenvalue weighted by Gasteiger charge is -2.23. The van der Waals surface area contributed by atoms with Gasteiger partial charge in [0.1, 0.15) is 4.75 Å². The summed E-state index contributed by atoms with van der Waals surface area (Å²) in [6.07, 6.45) is 3.68. The van der Waals surface area contributed by atoms with Crippen LogP contribution in [-0.4, -0.2) is 43.6 Å². The quantitative estimate of drug-likeness (QED) is 0.711. The fraction of sp³-hybridized carbons (Fsp3) is 0.909. The minimum absolute atomic E-state index is 0.00199. The summed E-state index contributed by atoms with van der Waals surface area (Å²) in [5.74, 6) is -0.468. The molecule has 1 amide bonds. The second kappa shape index (κ2) is 4.57. The number of nitrogens with one attached hydrogen (secondary N) is 1. The van der Waals surface area contributed by atoms with Crippen molar-refractivity contribution in [2.75, 3.05) is 19.4 Å². The van der Waals surface area contributed by atoms with Gasteiger partial charge in [0.05, 0.1) is 0 Å². The molecule has 1 rings (SSSR count). The van der Waals surface area contributed by atoms with Gasteiger partial charge in [0, 0.05) is 19.4 Å². The van der Waals surface area contributed by atoms with Crippen LogP contribution in [0.1, 0.15) is 33.1 Å². The lowest BCUT2D eigenvalue weighted by molar-refractivity contribution is -0.123. The van der Waals surface area contributed by atoms with Gasteiger partial charge in [0.15, 0.2) is 9.84 Å². The van der Waals surface area contributed by atoms with E-state index < -0.39 is 20.5 Å². The van der Waals surface area contributed by atoms with E-state index in [1.807, 2.05) is 0 Å². The Balaban J connectivity index is 2.56. The average Bonchev–Trinajstić information content (AvgIpc) is 2.94. The predicted octanol–water partition coefficient (Wildman–Crippen LogP) is 0.0884. The third kappa shape index (κ3) is 3.19. The predicted molar refractivity (Wildman–Crippen MR) is 65.3 cm³/mol. The Hall–Kier alpha value is -0.620. The Morgan fingerprint density at radius 2 is 1.94 bits per heavy atom. The molecular weight excluding hydrogens is 242 g/mol. The lowest BCUT2D eigenvalue weighted by atomic mass is 10.0. The summed E-state index contributed by atoms with van der Waals surface area (Å²) in [5, 5.41) is 11.6. The van der Waals surface area contributed by atoms with Gasteiger partial charge >= 0.3 is 0 Å². The van der Waals surface area contributed by atoms with Gasteiger partial charge in [0.2, 0.25) is 5.91 Å². The van der Waals surface area contributed by atoms with Crippen LogP contribution in [-0.2, 0) is 14.6 Å². The highest BCUT2D eigenvalue weighted by Gasteiger charge is 2.44. The number of amides is 1. The average molecular weight is 263 g/mol. The molecule has 0 aliphatic heterocycles. The molecule has 1 aliphatic carbocycles. The van der Waals surface area contributed by atoms with Crippen LogP contribution in [0.25, 0.3) is 0 Å². The van der Waals surface area contributed by atoms with Crippen LogP contribution < -0.4 is 5.32 Å². The van der Waals surface area contributed by atoms with Crippen LogP contribution >= 0.6 is 0 Å². The van der Waals surface area contributed by atoms with Crippen LogP contribution in [0.4, 0.5) is 0 Å². The first-order valence-electron chi connectivity index (χ1n) is 5.73. The van der Waals surface area contributed by atoms with E-state index in [0.29, 0.717) is 13.0 Å². The Morgan fingerprint density at radius 3 is 2.29 bits per heavy atom. The molecule has 17 heavy (non-hydrogen) atoms. The molecule has 2 N–H and O–H groups in total. The highest BCUT2D eigenvalue weighted by molar-refractivity contribution is 7.92. The van der Waals surface area contributed by atoms with E-state index in [4.69, 9.17) is 5.11 Å². The van der Waals surface area contributed by atoms with Gasteiger partial charge in [0.25, 0.3) is 0 Å². The van der Waals surface area contributed by atoms with Gasteiger partial charge < -0.3 is 10.4 Å². The van der Waals surface area contributed by atoms with Gasteiger partial charge in [-0.3, -0.25) is 4.79 Å². The Kier molecular flexibility index (Phi) is 3.88. The second-order valence-electron chi connectivity index (χ2n) is 5.44. The van der Waals surface area contributed by atoms with Crippen molar-refractivity contribution < 1.29 is 18.3 Å². The maximum absolute atomic E-state index is 11.8. The van der Waals surface area contributed by atoms with Crippen molar-refractivity contribution >= 4 is 15.7 Å².